The molecule has 1 aromatic carbocycles. The van der Waals surface area contributed by atoms with E-state index in [1.165, 1.54) is 24.5 Å². The first-order valence-electron chi connectivity index (χ1n) is 7.12. The van der Waals surface area contributed by atoms with Crippen LogP contribution in [0.15, 0.2) is 42.0 Å². The zero-order valence-corrected chi connectivity index (χ0v) is 13.8. The van der Waals surface area contributed by atoms with Crippen LogP contribution in [-0.2, 0) is 9.59 Å². The molecule has 1 aliphatic rings. The van der Waals surface area contributed by atoms with Crippen LogP contribution in [0.3, 0.4) is 0 Å². The molecule has 0 atom stereocenters. The van der Waals surface area contributed by atoms with E-state index in [2.05, 4.69) is 5.32 Å². The van der Waals surface area contributed by atoms with Crippen molar-refractivity contribution >= 4 is 40.9 Å². The number of carbonyl (C=O) groups is 3. The van der Waals surface area contributed by atoms with Gasteiger partial charge in [0.2, 0.25) is 0 Å². The van der Waals surface area contributed by atoms with Crippen LogP contribution in [0.1, 0.15) is 9.75 Å². The highest BCUT2D eigenvalue weighted by Gasteiger charge is 2.38. The Hall–Kier alpha value is -2.93. The Labute approximate surface area is 142 Å². The molecule has 1 aromatic heterocycles. The number of anilines is 1. The maximum Gasteiger partial charge on any atom is 0.336 e. The van der Waals surface area contributed by atoms with E-state index in [1.807, 2.05) is 19.1 Å². The number of hydrogen-bond acceptors (Lipinski definition) is 5. The second kappa shape index (κ2) is 6.29. The summed E-state index contributed by atoms with van der Waals surface area (Å²) < 4.78 is 5.20. The van der Waals surface area contributed by atoms with Gasteiger partial charge < -0.3 is 4.74 Å². The molecular formula is C17H14N2O4S. The second-order valence-corrected chi connectivity index (χ2v) is 6.40. The third-order valence-corrected chi connectivity index (χ3v) is 4.42. The second-order valence-electron chi connectivity index (χ2n) is 5.08. The fourth-order valence-electron chi connectivity index (χ4n) is 2.36. The molecule has 0 radical (unpaired) electrons. The van der Waals surface area contributed by atoms with Gasteiger partial charge in [0.1, 0.15) is 11.3 Å². The predicted molar refractivity (Wildman–Crippen MR) is 91.1 cm³/mol. The first kappa shape index (κ1) is 15.9. The number of methoxy groups -OCH3 is 1. The van der Waals surface area contributed by atoms with Gasteiger partial charge in [0.15, 0.2) is 0 Å². The average Bonchev–Trinajstić information content (AvgIpc) is 2.97. The van der Waals surface area contributed by atoms with E-state index < -0.39 is 17.8 Å². The summed E-state index contributed by atoms with van der Waals surface area (Å²) in [6, 6.07) is 9.54. The van der Waals surface area contributed by atoms with Crippen LogP contribution >= 0.6 is 11.3 Å². The van der Waals surface area contributed by atoms with Crippen molar-refractivity contribution in [2.24, 2.45) is 0 Å². The summed E-state index contributed by atoms with van der Waals surface area (Å²) in [4.78, 5) is 39.7. The minimum Gasteiger partial charge on any atom is -0.495 e. The Morgan fingerprint density at radius 1 is 1.12 bits per heavy atom. The van der Waals surface area contributed by atoms with Crippen molar-refractivity contribution in [2.45, 2.75) is 6.92 Å². The molecule has 2 heterocycles. The maximum absolute atomic E-state index is 12.8. The summed E-state index contributed by atoms with van der Waals surface area (Å²) in [6.45, 7) is 1.93. The van der Waals surface area contributed by atoms with Crippen molar-refractivity contribution < 1.29 is 19.1 Å². The van der Waals surface area contributed by atoms with Crippen LogP contribution in [0.25, 0.3) is 6.08 Å². The molecule has 1 N–H and O–H groups in total. The van der Waals surface area contributed by atoms with E-state index in [9.17, 15) is 14.4 Å². The average molecular weight is 342 g/mol. The Morgan fingerprint density at radius 2 is 1.88 bits per heavy atom. The van der Waals surface area contributed by atoms with E-state index in [4.69, 9.17) is 4.74 Å². The van der Waals surface area contributed by atoms with Gasteiger partial charge in [-0.15, -0.1) is 11.3 Å². The topological polar surface area (TPSA) is 75.7 Å². The van der Waals surface area contributed by atoms with Gasteiger partial charge in [-0.25, -0.2) is 9.69 Å². The van der Waals surface area contributed by atoms with Crippen LogP contribution in [0.5, 0.6) is 5.75 Å². The van der Waals surface area contributed by atoms with Crippen LogP contribution < -0.4 is 15.0 Å². The number of barbiturate groups is 1. The van der Waals surface area contributed by atoms with Crippen molar-refractivity contribution in [3.63, 3.8) is 0 Å². The zero-order chi connectivity index (χ0) is 17.3. The summed E-state index contributed by atoms with van der Waals surface area (Å²) in [6.07, 6.45) is 1.49. The molecule has 2 aromatic rings. The van der Waals surface area contributed by atoms with Crippen LogP contribution in [-0.4, -0.2) is 25.0 Å². The van der Waals surface area contributed by atoms with Crippen molar-refractivity contribution in [1.29, 1.82) is 0 Å². The van der Waals surface area contributed by atoms with Crippen molar-refractivity contribution in [1.82, 2.24) is 5.32 Å². The molecule has 24 heavy (non-hydrogen) atoms. The highest BCUT2D eigenvalue weighted by molar-refractivity contribution is 7.12. The highest BCUT2D eigenvalue weighted by atomic mass is 32.1. The molecule has 0 bridgehead atoms. The van der Waals surface area contributed by atoms with E-state index in [-0.39, 0.29) is 11.3 Å². The van der Waals surface area contributed by atoms with Gasteiger partial charge in [-0.1, -0.05) is 12.1 Å². The molecule has 1 fully saturated rings. The largest absolute Gasteiger partial charge is 0.495 e. The summed E-state index contributed by atoms with van der Waals surface area (Å²) in [5.41, 5.74) is 0.186. The van der Waals surface area contributed by atoms with E-state index >= 15 is 0 Å². The van der Waals surface area contributed by atoms with Gasteiger partial charge in [0.25, 0.3) is 11.8 Å². The lowest BCUT2D eigenvalue weighted by atomic mass is 10.1. The molecule has 122 valence electrons. The Balaban J connectivity index is 2.05. The first-order chi connectivity index (χ1) is 11.5. The molecule has 0 saturated carbocycles. The minimum absolute atomic E-state index is 0.0950. The molecule has 0 aliphatic carbocycles. The third-order valence-electron chi connectivity index (χ3n) is 3.48. The van der Waals surface area contributed by atoms with Crippen molar-refractivity contribution in [3.05, 3.63) is 51.7 Å². The predicted octanol–water partition coefficient (Wildman–Crippen LogP) is 2.73. The number of aryl methyl sites for hydroxylation is 1. The molecule has 1 aliphatic heterocycles. The van der Waals surface area contributed by atoms with Crippen LogP contribution in [0.2, 0.25) is 0 Å². The molecular weight excluding hydrogens is 328 g/mol. The first-order valence-corrected chi connectivity index (χ1v) is 7.94. The summed E-state index contributed by atoms with van der Waals surface area (Å²) in [7, 11) is 1.45. The standard InChI is InChI=1S/C17H14N2O4S/c1-10-7-8-11(24-10)9-12-15(20)18-17(22)19(16(12)21)13-5-3-4-6-14(13)23-2/h3-9H,1-2H3,(H,18,20,22). The fourth-order valence-corrected chi connectivity index (χ4v) is 3.18. The van der Waals surface area contributed by atoms with E-state index in [0.717, 1.165) is 14.7 Å². The van der Waals surface area contributed by atoms with Crippen molar-refractivity contribution in [2.75, 3.05) is 12.0 Å². The number of para-hydroxylation sites is 2. The summed E-state index contributed by atoms with van der Waals surface area (Å²) in [5.74, 6) is -1.02. The van der Waals surface area contributed by atoms with Gasteiger partial charge in [0, 0.05) is 9.75 Å². The Morgan fingerprint density at radius 3 is 2.54 bits per heavy atom. The molecule has 4 amide bonds. The number of ether oxygens (including phenoxy) is 1. The number of hydrogen-bond donors (Lipinski definition) is 1. The number of thiophene rings is 1. The number of nitrogens with zero attached hydrogens (tertiary/aromatic N) is 1. The lowest BCUT2D eigenvalue weighted by Crippen LogP contribution is -2.54. The fraction of sp³-hybridized carbons (Fsp3) is 0.118. The molecule has 0 unspecified atom stereocenters. The smallest absolute Gasteiger partial charge is 0.336 e. The number of benzene rings is 1. The Kier molecular flexibility index (Phi) is 4.18. The highest BCUT2D eigenvalue weighted by Crippen LogP contribution is 2.31. The van der Waals surface area contributed by atoms with Gasteiger partial charge in [-0.2, -0.15) is 0 Å². The van der Waals surface area contributed by atoms with E-state index in [0.29, 0.717) is 5.75 Å². The van der Waals surface area contributed by atoms with Crippen LogP contribution in [0.4, 0.5) is 10.5 Å². The maximum atomic E-state index is 12.8. The summed E-state index contributed by atoms with van der Waals surface area (Å²) >= 11 is 1.45. The molecule has 3 rings (SSSR count). The number of amides is 4. The van der Waals surface area contributed by atoms with Gasteiger partial charge in [0.05, 0.1) is 12.8 Å². The SMILES string of the molecule is COc1ccccc1N1C(=O)NC(=O)C(=Cc2ccc(C)s2)C1=O. The Bertz CT molecular complexity index is 869. The van der Waals surface area contributed by atoms with Gasteiger partial charge in [-0.3, -0.25) is 14.9 Å². The molecule has 1 saturated heterocycles. The normalized spacial score (nSPS) is 16.5. The number of carbonyl (C=O) groups excluding carboxylic acids is 3. The monoisotopic (exact) mass is 342 g/mol. The number of rotatable bonds is 3. The number of nitrogens with one attached hydrogen (secondary N) is 1. The zero-order valence-electron chi connectivity index (χ0n) is 13.0. The minimum atomic E-state index is -0.797. The van der Waals surface area contributed by atoms with Gasteiger partial charge >= 0.3 is 6.03 Å². The number of imide groups is 2. The quantitative estimate of drug-likeness (QED) is 0.687. The van der Waals surface area contributed by atoms with E-state index in [1.54, 1.807) is 24.3 Å². The van der Waals surface area contributed by atoms with Crippen LogP contribution in [0, 0.1) is 6.92 Å². The number of urea groups is 1. The molecule has 0 spiro atoms. The lowest BCUT2D eigenvalue weighted by Gasteiger charge is -2.27. The lowest BCUT2D eigenvalue weighted by molar-refractivity contribution is -0.122. The summed E-state index contributed by atoms with van der Waals surface area (Å²) in [5, 5.41) is 2.19. The van der Waals surface area contributed by atoms with Crippen molar-refractivity contribution in [3.8, 4) is 5.75 Å². The molecule has 7 heteroatoms. The van der Waals surface area contributed by atoms with Gasteiger partial charge in [-0.05, 0) is 37.3 Å². The molecule has 6 nitrogen and oxygen atoms in total. The third kappa shape index (κ3) is 2.81.